The molecule has 1 aliphatic heterocycles. The van der Waals surface area contributed by atoms with Crippen LogP contribution >= 0.6 is 0 Å². The van der Waals surface area contributed by atoms with E-state index in [1.807, 2.05) is 29.2 Å². The van der Waals surface area contributed by atoms with Crippen molar-refractivity contribution in [1.82, 2.24) is 0 Å². The van der Waals surface area contributed by atoms with E-state index < -0.39 is 0 Å². The summed E-state index contributed by atoms with van der Waals surface area (Å²) in [6.45, 7) is 2.52. The zero-order valence-electron chi connectivity index (χ0n) is 10.1. The van der Waals surface area contributed by atoms with Crippen molar-refractivity contribution in [3.63, 3.8) is 0 Å². The lowest BCUT2D eigenvalue weighted by molar-refractivity contribution is -0.118. The summed E-state index contributed by atoms with van der Waals surface area (Å²) in [4.78, 5) is 26.5. The van der Waals surface area contributed by atoms with Crippen molar-refractivity contribution in [3.8, 4) is 0 Å². The Morgan fingerprint density at radius 2 is 1.94 bits per heavy atom. The van der Waals surface area contributed by atoms with Crippen LogP contribution in [-0.4, -0.2) is 31.8 Å². The summed E-state index contributed by atoms with van der Waals surface area (Å²) in [6.07, 6.45) is 0.478. The van der Waals surface area contributed by atoms with E-state index in [0.29, 0.717) is 19.5 Å². The second-order valence-corrected chi connectivity index (χ2v) is 4.32. The standard InChI is InChI=1S/C13H16N2O2/c1-10(16)7-8-15-9-13(17)14(2)11-5-3-4-6-12(11)15/h3-6H,7-9H2,1-2H3. The highest BCUT2D eigenvalue weighted by Crippen LogP contribution is 2.32. The molecular formula is C13H16N2O2. The van der Waals surface area contributed by atoms with Crippen LogP contribution in [0, 0.1) is 0 Å². The van der Waals surface area contributed by atoms with Gasteiger partial charge in [-0.05, 0) is 19.1 Å². The highest BCUT2D eigenvalue weighted by molar-refractivity contribution is 6.02. The number of carbonyl (C=O) groups excluding carboxylic acids is 2. The van der Waals surface area contributed by atoms with Crippen LogP contribution in [0.5, 0.6) is 0 Å². The molecule has 0 N–H and O–H groups in total. The molecule has 0 fully saturated rings. The Morgan fingerprint density at radius 1 is 1.29 bits per heavy atom. The molecule has 1 aliphatic rings. The van der Waals surface area contributed by atoms with Crippen molar-refractivity contribution >= 4 is 23.1 Å². The number of para-hydroxylation sites is 2. The van der Waals surface area contributed by atoms with Gasteiger partial charge in [-0.3, -0.25) is 9.59 Å². The maximum Gasteiger partial charge on any atom is 0.246 e. The van der Waals surface area contributed by atoms with Gasteiger partial charge in [-0.15, -0.1) is 0 Å². The van der Waals surface area contributed by atoms with Crippen molar-refractivity contribution < 1.29 is 9.59 Å². The zero-order chi connectivity index (χ0) is 12.4. The average molecular weight is 232 g/mol. The Balaban J connectivity index is 2.27. The SMILES string of the molecule is CC(=O)CCN1CC(=O)N(C)c2ccccc21. The summed E-state index contributed by atoms with van der Waals surface area (Å²) in [5.74, 6) is 0.209. The molecule has 0 radical (unpaired) electrons. The first-order chi connectivity index (χ1) is 8.09. The molecule has 0 spiro atoms. The molecular weight excluding hydrogens is 216 g/mol. The van der Waals surface area contributed by atoms with E-state index in [0.717, 1.165) is 11.4 Å². The minimum atomic E-state index is 0.0623. The van der Waals surface area contributed by atoms with Gasteiger partial charge < -0.3 is 9.80 Å². The molecule has 0 unspecified atom stereocenters. The molecule has 17 heavy (non-hydrogen) atoms. The molecule has 0 saturated heterocycles. The number of benzene rings is 1. The lowest BCUT2D eigenvalue weighted by atomic mass is 10.1. The molecule has 0 atom stereocenters. The van der Waals surface area contributed by atoms with Gasteiger partial charge in [0.05, 0.1) is 17.9 Å². The van der Waals surface area contributed by atoms with Crippen LogP contribution in [0.15, 0.2) is 24.3 Å². The van der Waals surface area contributed by atoms with E-state index in [1.165, 1.54) is 0 Å². The van der Waals surface area contributed by atoms with Crippen molar-refractivity contribution in [1.29, 1.82) is 0 Å². The number of Topliss-reactive ketones (excluding diaryl/α,β-unsaturated/α-hetero) is 1. The molecule has 2 rings (SSSR count). The average Bonchev–Trinajstić information content (AvgIpc) is 2.32. The largest absolute Gasteiger partial charge is 0.360 e. The number of fused-ring (bicyclic) bond motifs is 1. The highest BCUT2D eigenvalue weighted by Gasteiger charge is 2.25. The van der Waals surface area contributed by atoms with Gasteiger partial charge in [0.2, 0.25) is 5.91 Å². The summed E-state index contributed by atoms with van der Waals surface area (Å²) in [5.41, 5.74) is 1.93. The van der Waals surface area contributed by atoms with Gasteiger partial charge in [0.15, 0.2) is 0 Å². The molecule has 0 saturated carbocycles. The van der Waals surface area contributed by atoms with Gasteiger partial charge in [0.25, 0.3) is 0 Å². The third kappa shape index (κ3) is 2.30. The Hall–Kier alpha value is -1.84. The fourth-order valence-corrected chi connectivity index (χ4v) is 2.00. The van der Waals surface area contributed by atoms with Crippen LogP contribution in [0.25, 0.3) is 0 Å². The molecule has 1 amide bonds. The molecule has 4 nitrogen and oxygen atoms in total. The number of hydrogen-bond acceptors (Lipinski definition) is 3. The fraction of sp³-hybridized carbons (Fsp3) is 0.385. The molecule has 4 heteroatoms. The number of amides is 1. The molecule has 0 bridgehead atoms. The zero-order valence-corrected chi connectivity index (χ0v) is 10.1. The van der Waals surface area contributed by atoms with Gasteiger partial charge in [0.1, 0.15) is 5.78 Å². The second-order valence-electron chi connectivity index (χ2n) is 4.32. The molecule has 1 heterocycles. The Bertz CT molecular complexity index is 456. The van der Waals surface area contributed by atoms with Crippen molar-refractivity contribution in [2.24, 2.45) is 0 Å². The lowest BCUT2D eigenvalue weighted by Crippen LogP contribution is -2.44. The fourth-order valence-electron chi connectivity index (χ4n) is 2.00. The summed E-state index contributed by atoms with van der Waals surface area (Å²) < 4.78 is 0. The van der Waals surface area contributed by atoms with E-state index in [2.05, 4.69) is 0 Å². The summed E-state index contributed by atoms with van der Waals surface area (Å²) >= 11 is 0. The molecule has 0 aromatic heterocycles. The third-order valence-electron chi connectivity index (χ3n) is 3.02. The number of ketones is 1. The highest BCUT2D eigenvalue weighted by atomic mass is 16.2. The van der Waals surface area contributed by atoms with Crippen LogP contribution in [-0.2, 0) is 9.59 Å². The van der Waals surface area contributed by atoms with Crippen LogP contribution in [0.3, 0.4) is 0 Å². The number of rotatable bonds is 3. The molecule has 1 aromatic rings. The predicted octanol–water partition coefficient (Wildman–Crippen LogP) is 1.45. The lowest BCUT2D eigenvalue weighted by Gasteiger charge is -2.35. The molecule has 90 valence electrons. The van der Waals surface area contributed by atoms with E-state index >= 15 is 0 Å². The number of anilines is 2. The smallest absolute Gasteiger partial charge is 0.246 e. The Labute approximate surface area is 101 Å². The Morgan fingerprint density at radius 3 is 2.59 bits per heavy atom. The Kier molecular flexibility index (Phi) is 3.13. The van der Waals surface area contributed by atoms with Crippen LogP contribution in [0.2, 0.25) is 0 Å². The maximum absolute atomic E-state index is 11.8. The topological polar surface area (TPSA) is 40.6 Å². The van der Waals surface area contributed by atoms with E-state index in [1.54, 1.807) is 18.9 Å². The number of likely N-dealkylation sites (N-methyl/N-ethyl adjacent to an activating group) is 1. The minimum absolute atomic E-state index is 0.0623. The molecule has 0 aliphatic carbocycles. The molecule has 1 aromatic carbocycles. The predicted molar refractivity (Wildman–Crippen MR) is 67.4 cm³/mol. The normalized spacial score (nSPS) is 14.8. The van der Waals surface area contributed by atoms with Gasteiger partial charge in [-0.2, -0.15) is 0 Å². The van der Waals surface area contributed by atoms with Crippen LogP contribution < -0.4 is 9.80 Å². The van der Waals surface area contributed by atoms with Gasteiger partial charge >= 0.3 is 0 Å². The number of nitrogens with zero attached hydrogens (tertiary/aromatic N) is 2. The van der Waals surface area contributed by atoms with Crippen molar-refractivity contribution in [3.05, 3.63) is 24.3 Å². The number of hydrogen-bond donors (Lipinski definition) is 0. The van der Waals surface area contributed by atoms with Gasteiger partial charge in [0, 0.05) is 20.0 Å². The summed E-state index contributed by atoms with van der Waals surface area (Å²) in [5, 5.41) is 0. The van der Waals surface area contributed by atoms with Crippen molar-refractivity contribution in [2.75, 3.05) is 29.9 Å². The number of carbonyl (C=O) groups is 2. The van der Waals surface area contributed by atoms with Gasteiger partial charge in [-0.1, -0.05) is 12.1 Å². The summed E-state index contributed by atoms with van der Waals surface area (Å²) in [7, 11) is 1.78. The first-order valence-electron chi connectivity index (χ1n) is 5.69. The quantitative estimate of drug-likeness (QED) is 0.792. The monoisotopic (exact) mass is 232 g/mol. The van der Waals surface area contributed by atoms with E-state index in [4.69, 9.17) is 0 Å². The van der Waals surface area contributed by atoms with Crippen LogP contribution in [0.1, 0.15) is 13.3 Å². The van der Waals surface area contributed by atoms with Crippen LogP contribution in [0.4, 0.5) is 11.4 Å². The second kappa shape index (κ2) is 4.57. The van der Waals surface area contributed by atoms with E-state index in [-0.39, 0.29) is 11.7 Å². The first kappa shape index (κ1) is 11.6. The summed E-state index contributed by atoms with van der Waals surface area (Å²) in [6, 6.07) is 7.77. The van der Waals surface area contributed by atoms with Crippen molar-refractivity contribution in [2.45, 2.75) is 13.3 Å². The van der Waals surface area contributed by atoms with E-state index in [9.17, 15) is 9.59 Å². The minimum Gasteiger partial charge on any atom is -0.360 e. The maximum atomic E-state index is 11.8. The van der Waals surface area contributed by atoms with Gasteiger partial charge in [-0.25, -0.2) is 0 Å². The third-order valence-corrected chi connectivity index (χ3v) is 3.02. The first-order valence-corrected chi connectivity index (χ1v) is 5.69.